The van der Waals surface area contributed by atoms with Crippen molar-refractivity contribution in [1.29, 1.82) is 0 Å². The Hall–Kier alpha value is -2.43. The number of carbonyl (C=O) groups excluding carboxylic acids is 1. The largest absolute Gasteiger partial charge is 0.349 e. The Balaban J connectivity index is 1.64. The highest BCUT2D eigenvalue weighted by Gasteiger charge is 2.28. The zero-order valence-corrected chi connectivity index (χ0v) is 14.1. The van der Waals surface area contributed by atoms with Crippen molar-refractivity contribution in [2.75, 3.05) is 18.0 Å². The third-order valence-corrected chi connectivity index (χ3v) is 4.55. The van der Waals surface area contributed by atoms with Gasteiger partial charge in [0.2, 0.25) is 11.9 Å². The van der Waals surface area contributed by atoms with Gasteiger partial charge < -0.3 is 10.2 Å². The normalized spacial score (nSPS) is 18.9. The lowest BCUT2D eigenvalue weighted by Crippen LogP contribution is -2.44. The molecule has 1 fully saturated rings. The predicted octanol–water partition coefficient (Wildman–Crippen LogP) is 2.96. The Bertz CT molecular complexity index is 647. The van der Waals surface area contributed by atoms with Crippen LogP contribution in [0.3, 0.4) is 0 Å². The fourth-order valence-corrected chi connectivity index (χ4v) is 3.22. The second-order valence-corrected chi connectivity index (χ2v) is 6.21. The molecule has 126 valence electrons. The third-order valence-electron chi connectivity index (χ3n) is 4.55. The number of rotatable bonds is 5. The van der Waals surface area contributed by atoms with Crippen LogP contribution in [0.1, 0.15) is 37.8 Å². The summed E-state index contributed by atoms with van der Waals surface area (Å²) in [5, 5.41) is 3.22. The molecule has 5 nitrogen and oxygen atoms in total. The Morgan fingerprint density at radius 3 is 2.71 bits per heavy atom. The third kappa shape index (κ3) is 3.91. The molecule has 1 amide bonds. The minimum Gasteiger partial charge on any atom is -0.349 e. The van der Waals surface area contributed by atoms with Crippen molar-refractivity contribution in [1.82, 2.24) is 15.3 Å². The summed E-state index contributed by atoms with van der Waals surface area (Å²) in [6.45, 7) is 3.69. The molecule has 2 unspecified atom stereocenters. The zero-order chi connectivity index (χ0) is 16.8. The smallest absolute Gasteiger partial charge is 0.225 e. The van der Waals surface area contributed by atoms with E-state index in [2.05, 4.69) is 39.2 Å². The minimum atomic E-state index is -0.0136. The fourth-order valence-electron chi connectivity index (χ4n) is 3.22. The molecule has 1 aromatic carbocycles. The standard InChI is InChI=1S/C19H24N4O/c1-2-17(15-8-4-3-5-9-15)22-18(24)16-10-6-13-23(14-16)19-20-11-7-12-21-19/h3-5,7-9,11-12,16-17H,2,6,10,13-14H2,1H3,(H,22,24). The summed E-state index contributed by atoms with van der Waals surface area (Å²) in [7, 11) is 0. The molecule has 0 spiro atoms. The highest BCUT2D eigenvalue weighted by Crippen LogP contribution is 2.22. The molecule has 2 heterocycles. The Morgan fingerprint density at radius 2 is 2.00 bits per heavy atom. The molecular weight excluding hydrogens is 300 g/mol. The van der Waals surface area contributed by atoms with Gasteiger partial charge in [-0.25, -0.2) is 9.97 Å². The first-order valence-electron chi connectivity index (χ1n) is 8.65. The molecule has 0 bridgehead atoms. The monoisotopic (exact) mass is 324 g/mol. The van der Waals surface area contributed by atoms with E-state index in [1.165, 1.54) is 0 Å². The van der Waals surface area contributed by atoms with Crippen LogP contribution in [0.2, 0.25) is 0 Å². The van der Waals surface area contributed by atoms with Crippen molar-refractivity contribution in [3.63, 3.8) is 0 Å². The van der Waals surface area contributed by atoms with Crippen LogP contribution in [0, 0.1) is 5.92 Å². The van der Waals surface area contributed by atoms with E-state index in [-0.39, 0.29) is 17.9 Å². The number of nitrogens with zero attached hydrogens (tertiary/aromatic N) is 3. The lowest BCUT2D eigenvalue weighted by Gasteiger charge is -2.32. The van der Waals surface area contributed by atoms with Gasteiger partial charge in [0.25, 0.3) is 0 Å². The molecule has 3 rings (SSSR count). The maximum atomic E-state index is 12.7. The average molecular weight is 324 g/mol. The van der Waals surface area contributed by atoms with Gasteiger partial charge in [-0.2, -0.15) is 0 Å². The molecule has 5 heteroatoms. The van der Waals surface area contributed by atoms with Crippen LogP contribution < -0.4 is 10.2 Å². The van der Waals surface area contributed by atoms with E-state index in [1.54, 1.807) is 12.4 Å². The van der Waals surface area contributed by atoms with Gasteiger partial charge in [-0.1, -0.05) is 37.3 Å². The average Bonchev–Trinajstić information content (AvgIpc) is 2.67. The minimum absolute atomic E-state index is 0.0136. The van der Waals surface area contributed by atoms with Crippen LogP contribution in [0.4, 0.5) is 5.95 Å². The Labute approximate surface area is 143 Å². The highest BCUT2D eigenvalue weighted by atomic mass is 16.2. The summed E-state index contributed by atoms with van der Waals surface area (Å²) in [6, 6.07) is 12.0. The topological polar surface area (TPSA) is 58.1 Å². The number of aromatic nitrogens is 2. The molecule has 2 atom stereocenters. The van der Waals surface area contributed by atoms with Gasteiger partial charge in [0.05, 0.1) is 12.0 Å². The summed E-state index contributed by atoms with van der Waals surface area (Å²) in [6.07, 6.45) is 6.27. The molecule has 24 heavy (non-hydrogen) atoms. The van der Waals surface area contributed by atoms with Crippen molar-refractivity contribution in [2.45, 2.75) is 32.2 Å². The molecule has 0 aliphatic carbocycles. The SMILES string of the molecule is CCC(NC(=O)C1CCCN(c2ncccn2)C1)c1ccccc1. The number of amides is 1. The second kappa shape index (κ2) is 7.90. The lowest BCUT2D eigenvalue weighted by atomic mass is 9.96. The van der Waals surface area contributed by atoms with Gasteiger partial charge >= 0.3 is 0 Å². The quantitative estimate of drug-likeness (QED) is 0.918. The van der Waals surface area contributed by atoms with Gasteiger partial charge in [0, 0.05) is 25.5 Å². The van der Waals surface area contributed by atoms with E-state index in [0.717, 1.165) is 31.4 Å². The van der Waals surface area contributed by atoms with Crippen molar-refractivity contribution in [2.24, 2.45) is 5.92 Å². The summed E-state index contributed by atoms with van der Waals surface area (Å²) in [5.41, 5.74) is 1.16. The van der Waals surface area contributed by atoms with Gasteiger partial charge in [-0.15, -0.1) is 0 Å². The first-order valence-corrected chi connectivity index (χ1v) is 8.65. The summed E-state index contributed by atoms with van der Waals surface area (Å²) in [5.74, 6) is 0.830. The molecular formula is C19H24N4O. The molecule has 1 aromatic heterocycles. The Morgan fingerprint density at radius 1 is 1.25 bits per heavy atom. The number of nitrogens with one attached hydrogen (secondary N) is 1. The van der Waals surface area contributed by atoms with Crippen molar-refractivity contribution >= 4 is 11.9 Å². The van der Waals surface area contributed by atoms with Gasteiger partial charge in [0.15, 0.2) is 0 Å². The maximum Gasteiger partial charge on any atom is 0.225 e. The van der Waals surface area contributed by atoms with E-state index in [0.29, 0.717) is 12.5 Å². The van der Waals surface area contributed by atoms with E-state index in [1.807, 2.05) is 24.3 Å². The molecule has 0 saturated carbocycles. The molecule has 1 saturated heterocycles. The Kier molecular flexibility index (Phi) is 5.41. The molecule has 1 aliphatic heterocycles. The number of hydrogen-bond acceptors (Lipinski definition) is 4. The maximum absolute atomic E-state index is 12.7. The number of carbonyl (C=O) groups is 1. The predicted molar refractivity (Wildman–Crippen MR) is 94.6 cm³/mol. The van der Waals surface area contributed by atoms with Crippen LogP contribution in [-0.2, 0) is 4.79 Å². The second-order valence-electron chi connectivity index (χ2n) is 6.21. The number of anilines is 1. The first kappa shape index (κ1) is 16.4. The summed E-state index contributed by atoms with van der Waals surface area (Å²) >= 11 is 0. The molecule has 2 aromatic rings. The van der Waals surface area contributed by atoms with Crippen LogP contribution >= 0.6 is 0 Å². The number of piperidine rings is 1. The van der Waals surface area contributed by atoms with Gasteiger partial charge in [0.1, 0.15) is 0 Å². The number of benzene rings is 1. The van der Waals surface area contributed by atoms with Gasteiger partial charge in [-0.3, -0.25) is 4.79 Å². The lowest BCUT2D eigenvalue weighted by molar-refractivity contribution is -0.126. The van der Waals surface area contributed by atoms with Crippen molar-refractivity contribution in [3.05, 3.63) is 54.4 Å². The molecule has 1 aliphatic rings. The highest BCUT2D eigenvalue weighted by molar-refractivity contribution is 5.80. The van der Waals surface area contributed by atoms with E-state index in [4.69, 9.17) is 0 Å². The molecule has 1 N–H and O–H groups in total. The molecule has 0 radical (unpaired) electrons. The van der Waals surface area contributed by atoms with E-state index in [9.17, 15) is 4.79 Å². The fraction of sp³-hybridized carbons (Fsp3) is 0.421. The van der Waals surface area contributed by atoms with Crippen LogP contribution in [0.15, 0.2) is 48.8 Å². The van der Waals surface area contributed by atoms with Crippen LogP contribution in [0.25, 0.3) is 0 Å². The number of hydrogen-bond donors (Lipinski definition) is 1. The zero-order valence-electron chi connectivity index (χ0n) is 14.1. The van der Waals surface area contributed by atoms with Crippen molar-refractivity contribution in [3.8, 4) is 0 Å². The van der Waals surface area contributed by atoms with Crippen LogP contribution in [-0.4, -0.2) is 29.0 Å². The van der Waals surface area contributed by atoms with E-state index < -0.39 is 0 Å². The van der Waals surface area contributed by atoms with Crippen LogP contribution in [0.5, 0.6) is 0 Å². The van der Waals surface area contributed by atoms with E-state index >= 15 is 0 Å². The summed E-state index contributed by atoms with van der Waals surface area (Å²) < 4.78 is 0. The van der Waals surface area contributed by atoms with Gasteiger partial charge in [-0.05, 0) is 30.9 Å². The summed E-state index contributed by atoms with van der Waals surface area (Å²) in [4.78, 5) is 23.5. The first-order chi connectivity index (χ1) is 11.8. The van der Waals surface area contributed by atoms with Crippen molar-refractivity contribution < 1.29 is 4.79 Å².